The molecule has 0 unspecified atom stereocenters. The van der Waals surface area contributed by atoms with Crippen LogP contribution >= 0.6 is 11.6 Å². The first kappa shape index (κ1) is 18.8. The number of amides is 4. The molecule has 1 aliphatic rings. The van der Waals surface area contributed by atoms with Gasteiger partial charge in [0.15, 0.2) is 0 Å². The van der Waals surface area contributed by atoms with Gasteiger partial charge in [0.25, 0.3) is 5.91 Å². The quantitative estimate of drug-likeness (QED) is 0.770. The van der Waals surface area contributed by atoms with Gasteiger partial charge >= 0.3 is 6.03 Å². The number of anilines is 1. The molecule has 0 aromatic heterocycles. The van der Waals surface area contributed by atoms with Crippen LogP contribution in [-0.2, 0) is 15.1 Å². The number of hydrogen-bond acceptors (Lipinski definition) is 3. The number of carbonyl (C=O) groups excluding carboxylic acids is 3. The first-order chi connectivity index (χ1) is 12.9. The largest absolute Gasteiger partial charge is 0.325 e. The Morgan fingerprint density at radius 2 is 1.93 bits per heavy atom. The van der Waals surface area contributed by atoms with E-state index in [0.717, 1.165) is 11.0 Å². The molecule has 2 aromatic rings. The Hall–Kier alpha value is -2.93. The van der Waals surface area contributed by atoms with Gasteiger partial charge in [-0.1, -0.05) is 48.9 Å². The van der Waals surface area contributed by atoms with E-state index >= 15 is 0 Å². The number of rotatable bonds is 5. The van der Waals surface area contributed by atoms with Gasteiger partial charge in [-0.15, -0.1) is 0 Å². The summed E-state index contributed by atoms with van der Waals surface area (Å²) in [7, 11) is 0. The third kappa shape index (κ3) is 3.50. The van der Waals surface area contributed by atoms with E-state index in [1.807, 2.05) is 6.07 Å². The molecule has 1 aliphatic heterocycles. The summed E-state index contributed by atoms with van der Waals surface area (Å²) in [6, 6.07) is 11.9. The standard InChI is InChI=1S/C19H17ClFN3O3/c1-2-19(12-6-4-3-5-7-12)17(26)24(18(27)23-19)11-16(25)22-13-8-9-15(21)14(20)10-13/h3-10H,2,11H2,1H3,(H,22,25)(H,23,27)/t19-/m1/s1. The summed E-state index contributed by atoms with van der Waals surface area (Å²) in [5.41, 5.74) is -0.278. The maximum Gasteiger partial charge on any atom is 0.325 e. The lowest BCUT2D eigenvalue weighted by molar-refractivity contribution is -0.134. The second-order valence-electron chi connectivity index (χ2n) is 6.12. The van der Waals surface area contributed by atoms with E-state index in [9.17, 15) is 18.8 Å². The highest BCUT2D eigenvalue weighted by atomic mass is 35.5. The highest BCUT2D eigenvalue weighted by molar-refractivity contribution is 6.31. The van der Waals surface area contributed by atoms with Crippen LogP contribution in [0.5, 0.6) is 0 Å². The molecule has 0 radical (unpaired) electrons. The molecule has 1 heterocycles. The number of urea groups is 1. The number of carbonyl (C=O) groups is 3. The molecule has 2 aromatic carbocycles. The topological polar surface area (TPSA) is 78.5 Å². The third-order valence-electron chi connectivity index (χ3n) is 4.48. The average molecular weight is 390 g/mol. The Bertz CT molecular complexity index is 906. The molecule has 8 heteroatoms. The zero-order valence-corrected chi connectivity index (χ0v) is 15.2. The molecule has 140 valence electrons. The fraction of sp³-hybridized carbons (Fsp3) is 0.211. The molecule has 0 bridgehead atoms. The molecule has 4 amide bonds. The highest BCUT2D eigenvalue weighted by Crippen LogP contribution is 2.32. The van der Waals surface area contributed by atoms with E-state index in [-0.39, 0.29) is 10.7 Å². The van der Waals surface area contributed by atoms with Crippen LogP contribution in [0.1, 0.15) is 18.9 Å². The summed E-state index contributed by atoms with van der Waals surface area (Å²) in [6.07, 6.45) is 0.341. The van der Waals surface area contributed by atoms with Gasteiger partial charge in [-0.2, -0.15) is 0 Å². The smallest absolute Gasteiger partial charge is 0.324 e. The van der Waals surface area contributed by atoms with Crippen LogP contribution in [0, 0.1) is 5.82 Å². The molecule has 3 rings (SSSR count). The van der Waals surface area contributed by atoms with Gasteiger partial charge < -0.3 is 10.6 Å². The number of imide groups is 1. The van der Waals surface area contributed by atoms with Gasteiger partial charge in [-0.05, 0) is 30.2 Å². The molecular weight excluding hydrogens is 373 g/mol. The maximum absolute atomic E-state index is 13.2. The van der Waals surface area contributed by atoms with Crippen molar-refractivity contribution in [1.29, 1.82) is 0 Å². The minimum atomic E-state index is -1.20. The van der Waals surface area contributed by atoms with Crippen molar-refractivity contribution in [1.82, 2.24) is 10.2 Å². The predicted molar refractivity (Wildman–Crippen MR) is 98.7 cm³/mol. The van der Waals surface area contributed by atoms with E-state index in [2.05, 4.69) is 10.6 Å². The first-order valence-electron chi connectivity index (χ1n) is 8.32. The monoisotopic (exact) mass is 389 g/mol. The molecule has 27 heavy (non-hydrogen) atoms. The van der Waals surface area contributed by atoms with E-state index in [0.29, 0.717) is 12.0 Å². The summed E-state index contributed by atoms with van der Waals surface area (Å²) < 4.78 is 13.2. The number of hydrogen-bond donors (Lipinski definition) is 2. The number of nitrogens with one attached hydrogen (secondary N) is 2. The van der Waals surface area contributed by atoms with E-state index in [4.69, 9.17) is 11.6 Å². The number of benzene rings is 2. The lowest BCUT2D eigenvalue weighted by atomic mass is 9.87. The Morgan fingerprint density at radius 3 is 2.56 bits per heavy atom. The van der Waals surface area contributed by atoms with Crippen LogP contribution in [0.3, 0.4) is 0 Å². The second-order valence-corrected chi connectivity index (χ2v) is 6.53. The van der Waals surface area contributed by atoms with Crippen molar-refractivity contribution in [2.75, 3.05) is 11.9 Å². The van der Waals surface area contributed by atoms with E-state index < -0.39 is 35.7 Å². The lowest BCUT2D eigenvalue weighted by Gasteiger charge is -2.25. The summed E-state index contributed by atoms with van der Waals surface area (Å²) in [5, 5.41) is 5.06. The summed E-state index contributed by atoms with van der Waals surface area (Å²) in [5.74, 6) is -1.70. The van der Waals surface area contributed by atoms with Gasteiger partial charge in [-0.25, -0.2) is 9.18 Å². The molecule has 1 fully saturated rings. The molecule has 0 spiro atoms. The Morgan fingerprint density at radius 1 is 1.22 bits per heavy atom. The van der Waals surface area contributed by atoms with Gasteiger partial charge in [0, 0.05) is 5.69 Å². The SMILES string of the molecule is CC[C@]1(c2ccccc2)NC(=O)N(CC(=O)Nc2ccc(F)c(Cl)c2)C1=O. The molecule has 0 aliphatic carbocycles. The van der Waals surface area contributed by atoms with Crippen molar-refractivity contribution in [3.8, 4) is 0 Å². The second kappa shape index (κ2) is 7.36. The van der Waals surface area contributed by atoms with Gasteiger partial charge in [0.05, 0.1) is 5.02 Å². The number of halogens is 2. The van der Waals surface area contributed by atoms with Crippen LogP contribution < -0.4 is 10.6 Å². The van der Waals surface area contributed by atoms with Crippen molar-refractivity contribution >= 4 is 35.1 Å². The zero-order chi connectivity index (χ0) is 19.6. The fourth-order valence-electron chi connectivity index (χ4n) is 3.05. The molecule has 2 N–H and O–H groups in total. The van der Waals surface area contributed by atoms with Crippen LogP contribution in [0.2, 0.25) is 5.02 Å². The molecular formula is C19H17ClFN3O3. The van der Waals surface area contributed by atoms with Crippen molar-refractivity contribution in [3.63, 3.8) is 0 Å². The van der Waals surface area contributed by atoms with Gasteiger partial charge in [0.2, 0.25) is 5.91 Å². The Labute approximate surface area is 160 Å². The summed E-state index contributed by atoms with van der Waals surface area (Å²) >= 11 is 5.68. The minimum Gasteiger partial charge on any atom is -0.324 e. The summed E-state index contributed by atoms with van der Waals surface area (Å²) in [6.45, 7) is 1.32. The van der Waals surface area contributed by atoms with Crippen LogP contribution in [0.25, 0.3) is 0 Å². The molecule has 1 saturated heterocycles. The zero-order valence-electron chi connectivity index (χ0n) is 14.5. The van der Waals surface area contributed by atoms with Crippen molar-refractivity contribution in [2.45, 2.75) is 18.9 Å². The molecule has 6 nitrogen and oxygen atoms in total. The van der Waals surface area contributed by atoms with Gasteiger partial charge in [0.1, 0.15) is 17.9 Å². The maximum atomic E-state index is 13.2. The fourth-order valence-corrected chi connectivity index (χ4v) is 3.23. The summed E-state index contributed by atoms with van der Waals surface area (Å²) in [4.78, 5) is 38.5. The van der Waals surface area contributed by atoms with E-state index in [1.54, 1.807) is 31.2 Å². The normalized spacial score (nSPS) is 19.1. The lowest BCUT2D eigenvalue weighted by Crippen LogP contribution is -2.44. The van der Waals surface area contributed by atoms with Crippen molar-refractivity contribution in [3.05, 3.63) is 64.9 Å². The van der Waals surface area contributed by atoms with Crippen molar-refractivity contribution in [2.24, 2.45) is 0 Å². The average Bonchev–Trinajstić information content (AvgIpc) is 2.90. The third-order valence-corrected chi connectivity index (χ3v) is 4.77. The van der Waals surface area contributed by atoms with Crippen LogP contribution in [0.4, 0.5) is 14.9 Å². The van der Waals surface area contributed by atoms with E-state index in [1.165, 1.54) is 12.1 Å². The number of nitrogens with zero attached hydrogens (tertiary/aromatic N) is 1. The Balaban J connectivity index is 1.77. The minimum absolute atomic E-state index is 0.142. The van der Waals surface area contributed by atoms with Crippen LogP contribution in [-0.4, -0.2) is 29.3 Å². The van der Waals surface area contributed by atoms with Gasteiger partial charge in [-0.3, -0.25) is 14.5 Å². The molecule has 0 saturated carbocycles. The van der Waals surface area contributed by atoms with Crippen LogP contribution in [0.15, 0.2) is 48.5 Å². The molecule has 1 atom stereocenters. The predicted octanol–water partition coefficient (Wildman–Crippen LogP) is 3.27. The van der Waals surface area contributed by atoms with Crippen molar-refractivity contribution < 1.29 is 18.8 Å². The highest BCUT2D eigenvalue weighted by Gasteiger charge is 2.51. The Kier molecular flexibility index (Phi) is 5.14. The first-order valence-corrected chi connectivity index (χ1v) is 8.69.